The lowest BCUT2D eigenvalue weighted by atomic mass is 10.0. The molecule has 0 fully saturated rings. The number of hydrogen-bond donors (Lipinski definition) is 1. The third kappa shape index (κ3) is 3.85. The van der Waals surface area contributed by atoms with E-state index >= 15 is 0 Å². The Morgan fingerprint density at radius 1 is 1.50 bits per heavy atom. The summed E-state index contributed by atoms with van der Waals surface area (Å²) in [5, 5.41) is 9.54. The first kappa shape index (κ1) is 12.4. The Morgan fingerprint density at radius 3 is 2.62 bits per heavy atom. The molecule has 86 valence electrons. The second-order valence-corrected chi connectivity index (χ2v) is 4.29. The molecule has 0 unspecified atom stereocenters. The number of aromatic nitrogens is 1. The van der Waals surface area contributed by atoms with Crippen LogP contribution in [0.1, 0.15) is 32.0 Å². The Kier molecular flexibility index (Phi) is 4.23. The molecule has 1 aromatic rings. The number of aliphatic hydroxyl groups excluding tert-OH is 1. The van der Waals surface area contributed by atoms with Gasteiger partial charge in [-0.25, -0.2) is 0 Å². The number of pyridine rings is 1. The second kappa shape index (κ2) is 5.45. The van der Waals surface area contributed by atoms with Gasteiger partial charge in [-0.1, -0.05) is 19.9 Å². The van der Waals surface area contributed by atoms with Crippen LogP contribution in [-0.4, -0.2) is 15.9 Å². The molecule has 0 saturated heterocycles. The minimum Gasteiger partial charge on any atom is -0.506 e. The zero-order valence-electron chi connectivity index (χ0n) is 9.90. The van der Waals surface area contributed by atoms with Crippen molar-refractivity contribution in [1.82, 2.24) is 4.98 Å². The van der Waals surface area contributed by atoms with E-state index in [0.717, 1.165) is 12.0 Å². The molecule has 0 aliphatic rings. The van der Waals surface area contributed by atoms with Crippen LogP contribution in [0.15, 0.2) is 24.4 Å². The Morgan fingerprint density at radius 2 is 2.19 bits per heavy atom. The summed E-state index contributed by atoms with van der Waals surface area (Å²) in [6.07, 6.45) is 3.87. The molecule has 0 aliphatic heterocycles. The summed E-state index contributed by atoms with van der Waals surface area (Å²) >= 11 is 0. The van der Waals surface area contributed by atoms with E-state index in [1.54, 1.807) is 12.3 Å². The Labute approximate surface area is 95.8 Å². The van der Waals surface area contributed by atoms with Crippen LogP contribution in [-0.2, 0) is 11.2 Å². The second-order valence-electron chi connectivity index (χ2n) is 4.29. The predicted octanol–water partition coefficient (Wildman–Crippen LogP) is 2.77. The molecule has 1 heterocycles. The van der Waals surface area contributed by atoms with E-state index in [4.69, 9.17) is 0 Å². The van der Waals surface area contributed by atoms with E-state index in [1.165, 1.54) is 13.0 Å². The first-order valence-electron chi connectivity index (χ1n) is 5.35. The van der Waals surface area contributed by atoms with Crippen molar-refractivity contribution in [2.45, 2.75) is 27.2 Å². The highest BCUT2D eigenvalue weighted by Crippen LogP contribution is 2.11. The van der Waals surface area contributed by atoms with Gasteiger partial charge in [0.1, 0.15) is 11.5 Å². The average Bonchev–Trinajstić information content (AvgIpc) is 2.16. The zero-order chi connectivity index (χ0) is 12.1. The fourth-order valence-corrected chi connectivity index (χ4v) is 1.43. The lowest BCUT2D eigenvalue weighted by Crippen LogP contribution is -1.97. The highest BCUT2D eigenvalue weighted by Gasteiger charge is 2.03. The third-order valence-corrected chi connectivity index (χ3v) is 2.07. The van der Waals surface area contributed by atoms with Crippen LogP contribution in [0.5, 0.6) is 0 Å². The number of carbonyl (C=O) groups is 1. The topological polar surface area (TPSA) is 50.2 Å². The molecule has 0 bridgehead atoms. The van der Waals surface area contributed by atoms with E-state index in [9.17, 15) is 9.90 Å². The standard InChI is InChI=1S/C13H17NO2/c1-9(2)6-11-4-5-12(14-8-11)13(16)7-10(3)15/h4-5,7-9,16H,6H2,1-3H3. The molecule has 1 rings (SSSR count). The van der Waals surface area contributed by atoms with E-state index in [-0.39, 0.29) is 11.5 Å². The molecule has 3 nitrogen and oxygen atoms in total. The lowest BCUT2D eigenvalue weighted by molar-refractivity contribution is -0.112. The van der Waals surface area contributed by atoms with Gasteiger partial charge >= 0.3 is 0 Å². The smallest absolute Gasteiger partial charge is 0.156 e. The number of hydrogen-bond acceptors (Lipinski definition) is 3. The fraction of sp³-hybridized carbons (Fsp3) is 0.385. The van der Waals surface area contributed by atoms with E-state index < -0.39 is 0 Å². The quantitative estimate of drug-likeness (QED) is 0.625. The van der Waals surface area contributed by atoms with E-state index in [1.807, 2.05) is 6.07 Å². The molecule has 0 atom stereocenters. The normalized spacial score (nSPS) is 11.9. The fourth-order valence-electron chi connectivity index (χ4n) is 1.43. The van der Waals surface area contributed by atoms with Crippen molar-refractivity contribution in [2.24, 2.45) is 5.92 Å². The summed E-state index contributed by atoms with van der Waals surface area (Å²) < 4.78 is 0. The van der Waals surface area contributed by atoms with Crippen molar-refractivity contribution in [2.75, 3.05) is 0 Å². The molecule has 1 aromatic heterocycles. The summed E-state index contributed by atoms with van der Waals surface area (Å²) in [5.74, 6) is 0.308. The van der Waals surface area contributed by atoms with Crippen LogP contribution in [0.4, 0.5) is 0 Å². The summed E-state index contributed by atoms with van der Waals surface area (Å²) in [6, 6.07) is 3.65. The summed E-state index contributed by atoms with van der Waals surface area (Å²) in [7, 11) is 0. The Hall–Kier alpha value is -1.64. The maximum atomic E-state index is 10.8. The van der Waals surface area contributed by atoms with E-state index in [2.05, 4.69) is 18.8 Å². The predicted molar refractivity (Wildman–Crippen MR) is 64.1 cm³/mol. The van der Waals surface area contributed by atoms with Gasteiger partial charge in [-0.15, -0.1) is 0 Å². The van der Waals surface area contributed by atoms with E-state index in [0.29, 0.717) is 11.6 Å². The van der Waals surface area contributed by atoms with Gasteiger partial charge in [0.05, 0.1) is 0 Å². The van der Waals surface area contributed by atoms with Gasteiger partial charge in [0.15, 0.2) is 5.78 Å². The van der Waals surface area contributed by atoms with Gasteiger partial charge in [-0.2, -0.15) is 0 Å². The van der Waals surface area contributed by atoms with Crippen molar-refractivity contribution < 1.29 is 9.90 Å². The molecule has 3 heteroatoms. The van der Waals surface area contributed by atoms with Crippen molar-refractivity contribution in [3.05, 3.63) is 35.7 Å². The largest absolute Gasteiger partial charge is 0.506 e. The van der Waals surface area contributed by atoms with Gasteiger partial charge in [0, 0.05) is 12.3 Å². The van der Waals surface area contributed by atoms with Crippen LogP contribution >= 0.6 is 0 Å². The molecular weight excluding hydrogens is 202 g/mol. The van der Waals surface area contributed by atoms with Crippen LogP contribution in [0, 0.1) is 5.92 Å². The SMILES string of the molecule is CC(=O)C=C(O)c1ccc(CC(C)C)cn1. The minimum atomic E-state index is -0.189. The van der Waals surface area contributed by atoms with Crippen LogP contribution < -0.4 is 0 Å². The monoisotopic (exact) mass is 219 g/mol. The maximum Gasteiger partial charge on any atom is 0.156 e. The van der Waals surface area contributed by atoms with Crippen LogP contribution in [0.2, 0.25) is 0 Å². The molecule has 16 heavy (non-hydrogen) atoms. The van der Waals surface area contributed by atoms with Gasteiger partial charge in [-0.3, -0.25) is 9.78 Å². The Balaban J connectivity index is 2.82. The van der Waals surface area contributed by atoms with Crippen LogP contribution in [0.25, 0.3) is 5.76 Å². The van der Waals surface area contributed by atoms with Gasteiger partial charge < -0.3 is 5.11 Å². The third-order valence-electron chi connectivity index (χ3n) is 2.07. The molecule has 0 saturated carbocycles. The maximum absolute atomic E-state index is 10.8. The number of nitrogens with zero attached hydrogens (tertiary/aromatic N) is 1. The Bertz CT molecular complexity index is 391. The zero-order valence-corrected chi connectivity index (χ0v) is 9.90. The number of aliphatic hydroxyl groups is 1. The number of ketones is 1. The molecular formula is C13H17NO2. The highest BCUT2D eigenvalue weighted by molar-refractivity contribution is 5.93. The molecule has 0 aliphatic carbocycles. The van der Waals surface area contributed by atoms with Crippen LogP contribution in [0.3, 0.4) is 0 Å². The minimum absolute atomic E-state index is 0.0800. The summed E-state index contributed by atoms with van der Waals surface area (Å²) in [4.78, 5) is 14.9. The van der Waals surface area contributed by atoms with Gasteiger partial charge in [0.2, 0.25) is 0 Å². The van der Waals surface area contributed by atoms with Crippen molar-refractivity contribution in [3.8, 4) is 0 Å². The van der Waals surface area contributed by atoms with Crippen molar-refractivity contribution >= 4 is 11.5 Å². The van der Waals surface area contributed by atoms with Gasteiger partial charge in [-0.05, 0) is 30.9 Å². The first-order chi connectivity index (χ1) is 7.49. The summed E-state index contributed by atoms with van der Waals surface area (Å²) in [6.45, 7) is 5.67. The number of rotatable bonds is 4. The summed E-state index contributed by atoms with van der Waals surface area (Å²) in [5.41, 5.74) is 1.57. The molecule has 0 radical (unpaired) electrons. The number of carbonyl (C=O) groups excluding carboxylic acids is 1. The molecule has 1 N–H and O–H groups in total. The molecule has 0 amide bonds. The van der Waals surface area contributed by atoms with Gasteiger partial charge in [0.25, 0.3) is 0 Å². The average molecular weight is 219 g/mol. The highest BCUT2D eigenvalue weighted by atomic mass is 16.3. The number of allylic oxidation sites excluding steroid dienone is 1. The first-order valence-corrected chi connectivity index (χ1v) is 5.35. The van der Waals surface area contributed by atoms with Crippen molar-refractivity contribution in [3.63, 3.8) is 0 Å². The van der Waals surface area contributed by atoms with Crippen molar-refractivity contribution in [1.29, 1.82) is 0 Å². The molecule has 0 spiro atoms. The molecule has 0 aromatic carbocycles. The lowest BCUT2D eigenvalue weighted by Gasteiger charge is -2.05.